The topological polar surface area (TPSA) is 52.3 Å². The molecule has 0 fully saturated rings. The van der Waals surface area contributed by atoms with Crippen LogP contribution in [0.5, 0.6) is 0 Å². The molecule has 0 saturated carbocycles. The van der Waals surface area contributed by atoms with E-state index in [4.69, 9.17) is 0 Å². The Balaban J connectivity index is 2.99. The molecule has 0 rings (SSSR count). The lowest BCUT2D eigenvalue weighted by Crippen LogP contribution is -2.06. The molecular weight excluding hydrogens is 82.0 g/mol. The Hall–Kier alpha value is -0.570. The van der Waals surface area contributed by atoms with Crippen molar-refractivity contribution in [3.8, 4) is 0 Å². The van der Waals surface area contributed by atoms with Gasteiger partial charge in [-0.05, 0) is 0 Å². The first-order valence-electron chi connectivity index (χ1n) is 1.44. The van der Waals surface area contributed by atoms with Crippen LogP contribution in [0, 0.1) is 6.54 Å². The molecule has 0 bridgehead atoms. The van der Waals surface area contributed by atoms with Gasteiger partial charge in [0.15, 0.2) is 0 Å². The second-order valence-corrected chi connectivity index (χ2v) is 0.690. The van der Waals surface area contributed by atoms with Crippen LogP contribution in [0.1, 0.15) is 0 Å². The Kier molecular flexibility index (Phi) is 2.40. The van der Waals surface area contributed by atoms with Crippen molar-refractivity contribution in [3.05, 3.63) is 6.54 Å². The monoisotopic (exact) mass is 88.0 g/mol. The van der Waals surface area contributed by atoms with Gasteiger partial charge in [0.1, 0.15) is 6.54 Å². The fraction of sp³-hybridized carbons (Fsp3) is 0.333. The van der Waals surface area contributed by atoms with Crippen LogP contribution in [0.3, 0.4) is 0 Å². The van der Waals surface area contributed by atoms with Crippen molar-refractivity contribution in [1.29, 1.82) is 0 Å². The molecule has 0 aliphatic rings. The second kappa shape index (κ2) is 2.66. The van der Waals surface area contributed by atoms with Gasteiger partial charge in [-0.2, -0.15) is 0 Å². The minimum Gasteiger partial charge on any atom is -0.468 e. The molecule has 0 atom stereocenters. The first-order valence-corrected chi connectivity index (χ1v) is 1.44. The zero-order valence-electron chi connectivity index (χ0n) is 3.47. The highest BCUT2D eigenvalue weighted by atomic mass is 16.5. The van der Waals surface area contributed by atoms with Crippen molar-refractivity contribution in [2.24, 2.45) is 5.73 Å². The highest BCUT2D eigenvalue weighted by Gasteiger charge is 1.89. The summed E-state index contributed by atoms with van der Waals surface area (Å²) in [6.45, 7) is 0.861. The molecule has 0 aromatic heterocycles. The molecule has 3 nitrogen and oxygen atoms in total. The Labute approximate surface area is 36.1 Å². The van der Waals surface area contributed by atoms with E-state index in [-0.39, 0.29) is 0 Å². The lowest BCUT2D eigenvalue weighted by atomic mass is 10.7. The van der Waals surface area contributed by atoms with Gasteiger partial charge < -0.3 is 10.5 Å². The van der Waals surface area contributed by atoms with Crippen LogP contribution in [-0.2, 0) is 9.53 Å². The number of methoxy groups -OCH3 is 1. The minimum absolute atomic E-state index is 0.505. The lowest BCUT2D eigenvalue weighted by molar-refractivity contribution is -0.136. The first-order chi connectivity index (χ1) is 2.81. The van der Waals surface area contributed by atoms with Crippen molar-refractivity contribution < 1.29 is 9.53 Å². The van der Waals surface area contributed by atoms with Gasteiger partial charge >= 0.3 is 5.97 Å². The summed E-state index contributed by atoms with van der Waals surface area (Å²) in [5.74, 6) is -0.505. The van der Waals surface area contributed by atoms with E-state index in [0.29, 0.717) is 0 Å². The van der Waals surface area contributed by atoms with Crippen LogP contribution >= 0.6 is 0 Å². The first kappa shape index (κ1) is 5.43. The quantitative estimate of drug-likeness (QED) is 0.430. The minimum atomic E-state index is -0.505. The maximum atomic E-state index is 9.78. The number of ether oxygens (including phenoxy) is 1. The highest BCUT2D eigenvalue weighted by Crippen LogP contribution is 1.66. The molecule has 35 valence electrons. The molecule has 0 aromatic rings. The Morgan fingerprint density at radius 1 is 2.00 bits per heavy atom. The summed E-state index contributed by atoms with van der Waals surface area (Å²) in [7, 11) is 1.27. The van der Waals surface area contributed by atoms with Crippen molar-refractivity contribution >= 4 is 5.97 Å². The van der Waals surface area contributed by atoms with Gasteiger partial charge in [-0.3, -0.25) is 4.79 Å². The van der Waals surface area contributed by atoms with Crippen molar-refractivity contribution in [2.45, 2.75) is 0 Å². The van der Waals surface area contributed by atoms with Crippen molar-refractivity contribution in [2.75, 3.05) is 7.11 Å². The number of hydrogen-bond donors (Lipinski definition) is 1. The van der Waals surface area contributed by atoms with E-state index in [0.717, 1.165) is 6.54 Å². The normalized spacial score (nSPS) is 7.67. The zero-order chi connectivity index (χ0) is 4.99. The molecule has 6 heavy (non-hydrogen) atoms. The maximum absolute atomic E-state index is 9.78. The van der Waals surface area contributed by atoms with Crippen molar-refractivity contribution in [1.82, 2.24) is 0 Å². The van der Waals surface area contributed by atoms with E-state index in [2.05, 4.69) is 10.5 Å². The second-order valence-electron chi connectivity index (χ2n) is 0.690. The summed E-state index contributed by atoms with van der Waals surface area (Å²) in [5, 5.41) is 0. The molecule has 0 saturated heterocycles. The molecule has 3 heteroatoms. The predicted octanol–water partition coefficient (Wildman–Crippen LogP) is -0.720. The molecule has 1 radical (unpaired) electrons. The zero-order valence-corrected chi connectivity index (χ0v) is 3.47. The number of carbonyl (C=O) groups is 1. The van der Waals surface area contributed by atoms with E-state index >= 15 is 0 Å². The highest BCUT2D eigenvalue weighted by molar-refractivity contribution is 5.77. The maximum Gasteiger partial charge on any atom is 0.324 e. The Morgan fingerprint density at radius 3 is 2.50 bits per heavy atom. The molecule has 0 heterocycles. The largest absolute Gasteiger partial charge is 0.468 e. The molecular formula is C3H6NO2. The molecule has 2 N–H and O–H groups in total. The molecule has 0 unspecified atom stereocenters. The summed E-state index contributed by atoms with van der Waals surface area (Å²) in [4.78, 5) is 9.78. The van der Waals surface area contributed by atoms with E-state index in [1.54, 1.807) is 0 Å². The average Bonchev–Trinajstić information content (AvgIpc) is 1.65. The van der Waals surface area contributed by atoms with Crippen LogP contribution < -0.4 is 5.73 Å². The molecule has 0 aliphatic heterocycles. The van der Waals surface area contributed by atoms with Crippen LogP contribution in [0.4, 0.5) is 0 Å². The van der Waals surface area contributed by atoms with Gasteiger partial charge in [-0.25, -0.2) is 0 Å². The standard InChI is InChI=1S/C3H6NO2/c1-6-3(5)2-4/h2H,4H2,1H3. The third-order valence-electron chi connectivity index (χ3n) is 0.337. The van der Waals surface area contributed by atoms with E-state index in [9.17, 15) is 4.79 Å². The number of nitrogens with two attached hydrogens (primary N) is 1. The van der Waals surface area contributed by atoms with Crippen LogP contribution in [0.25, 0.3) is 0 Å². The SMILES string of the molecule is COC(=O)[CH]N. The Bertz CT molecular complexity index is 46.8. The molecule has 0 aromatic carbocycles. The Morgan fingerprint density at radius 2 is 2.50 bits per heavy atom. The van der Waals surface area contributed by atoms with E-state index in [1.807, 2.05) is 0 Å². The number of rotatable bonds is 1. The van der Waals surface area contributed by atoms with Crippen LogP contribution in [0.15, 0.2) is 0 Å². The van der Waals surface area contributed by atoms with Gasteiger partial charge in [0.25, 0.3) is 0 Å². The summed E-state index contributed by atoms with van der Waals surface area (Å²) in [6, 6.07) is 0. The third kappa shape index (κ3) is 1.72. The van der Waals surface area contributed by atoms with Gasteiger partial charge in [0, 0.05) is 0 Å². The molecule has 0 aliphatic carbocycles. The lowest BCUT2D eigenvalue weighted by Gasteiger charge is -1.86. The van der Waals surface area contributed by atoms with E-state index < -0.39 is 5.97 Å². The van der Waals surface area contributed by atoms with Crippen LogP contribution in [-0.4, -0.2) is 13.1 Å². The number of carbonyl (C=O) groups excluding carboxylic acids is 1. The van der Waals surface area contributed by atoms with Gasteiger partial charge in [-0.1, -0.05) is 0 Å². The molecule has 0 spiro atoms. The van der Waals surface area contributed by atoms with Gasteiger partial charge in [0.2, 0.25) is 0 Å². The summed E-state index contributed by atoms with van der Waals surface area (Å²) in [6.07, 6.45) is 0. The fourth-order valence-electron chi connectivity index (χ4n) is 0.0680. The number of esters is 1. The van der Waals surface area contributed by atoms with Crippen LogP contribution in [0.2, 0.25) is 0 Å². The van der Waals surface area contributed by atoms with E-state index in [1.165, 1.54) is 7.11 Å². The smallest absolute Gasteiger partial charge is 0.324 e. The van der Waals surface area contributed by atoms with Crippen molar-refractivity contribution in [3.63, 3.8) is 0 Å². The summed E-state index contributed by atoms with van der Waals surface area (Å²) in [5.41, 5.74) is 4.68. The van der Waals surface area contributed by atoms with Gasteiger partial charge in [0.05, 0.1) is 7.11 Å². The predicted molar refractivity (Wildman–Crippen MR) is 20.5 cm³/mol. The number of hydrogen-bond acceptors (Lipinski definition) is 3. The van der Waals surface area contributed by atoms with Gasteiger partial charge in [-0.15, -0.1) is 0 Å². The summed E-state index contributed by atoms with van der Waals surface area (Å²) >= 11 is 0. The third-order valence-corrected chi connectivity index (χ3v) is 0.337. The average molecular weight is 88.1 g/mol. The molecule has 0 amide bonds. The fourth-order valence-corrected chi connectivity index (χ4v) is 0.0680. The summed E-state index contributed by atoms with van der Waals surface area (Å²) < 4.78 is 4.08.